The number of nitrogens with zero attached hydrogens (tertiary/aromatic N) is 1. The Morgan fingerprint density at radius 2 is 1.57 bits per heavy atom. The van der Waals surface area contributed by atoms with Gasteiger partial charge >= 0.3 is 0 Å². The minimum atomic E-state index is -0.659. The fourth-order valence-corrected chi connectivity index (χ4v) is 0.511. The third kappa shape index (κ3) is 8.32. The summed E-state index contributed by atoms with van der Waals surface area (Å²) < 4.78 is 0. The second-order valence-corrected chi connectivity index (χ2v) is 2.48. The largest absolute Gasteiger partial charge is 0.394 e. The molecule has 0 radical (unpaired) electrons. The molecule has 0 aliphatic carbocycles. The highest BCUT2D eigenvalue weighted by molar-refractivity contribution is 4.37. The van der Waals surface area contributed by atoms with Crippen molar-refractivity contribution < 1.29 is 29.8 Å². The van der Waals surface area contributed by atoms with Gasteiger partial charge in [-0.2, -0.15) is 0 Å². The van der Waals surface area contributed by atoms with E-state index in [1.807, 2.05) is 0 Å². The van der Waals surface area contributed by atoms with E-state index < -0.39 is 6.10 Å². The van der Waals surface area contributed by atoms with E-state index in [1.54, 1.807) is 0 Å². The van der Waals surface area contributed by atoms with Crippen LogP contribution >= 0.6 is 0 Å². The zero-order valence-corrected chi connectivity index (χ0v) is 8.13. The van der Waals surface area contributed by atoms with Gasteiger partial charge in [-0.25, -0.2) is 14.5 Å². The molecule has 0 fully saturated rings. The first-order valence-electron chi connectivity index (χ1n) is 4.29. The fourth-order valence-electron chi connectivity index (χ4n) is 0.511. The van der Waals surface area contributed by atoms with E-state index in [0.29, 0.717) is 5.39 Å². The third-order valence-electron chi connectivity index (χ3n) is 0.997. The topological polar surface area (TPSA) is 91.6 Å². The molecule has 0 aromatic heterocycles. The molecule has 0 bridgehead atoms. The standard InChI is InChI=1S/C7H17NO6/c1-7(11)6-14-8(12-4-2-9)13-5-3-10/h7,9-11H,2-6H2,1H3. The number of aliphatic hydroxyl groups excluding tert-OH is 3. The van der Waals surface area contributed by atoms with Crippen molar-refractivity contribution in [1.82, 2.24) is 5.39 Å². The Hall–Kier alpha value is -0.280. The highest BCUT2D eigenvalue weighted by Gasteiger charge is 2.08. The Kier molecular flexibility index (Phi) is 9.10. The van der Waals surface area contributed by atoms with E-state index in [4.69, 9.17) is 29.8 Å². The van der Waals surface area contributed by atoms with Crippen LogP contribution in [0.15, 0.2) is 0 Å². The van der Waals surface area contributed by atoms with Crippen LogP contribution in [-0.2, 0) is 14.5 Å². The molecule has 0 saturated heterocycles. The van der Waals surface area contributed by atoms with Crippen molar-refractivity contribution >= 4 is 0 Å². The molecule has 0 heterocycles. The van der Waals surface area contributed by atoms with Crippen LogP contribution < -0.4 is 0 Å². The van der Waals surface area contributed by atoms with Crippen LogP contribution in [0.3, 0.4) is 0 Å². The Morgan fingerprint density at radius 3 is 1.93 bits per heavy atom. The average Bonchev–Trinajstić information content (AvgIpc) is 2.16. The van der Waals surface area contributed by atoms with Gasteiger partial charge in [-0.3, -0.25) is 0 Å². The van der Waals surface area contributed by atoms with E-state index in [0.717, 1.165) is 0 Å². The Morgan fingerprint density at radius 1 is 1.07 bits per heavy atom. The van der Waals surface area contributed by atoms with Crippen molar-refractivity contribution in [3.8, 4) is 0 Å². The molecule has 0 aromatic carbocycles. The summed E-state index contributed by atoms with van der Waals surface area (Å²) >= 11 is 0. The SMILES string of the molecule is CC(O)CON(OCCO)OCCO. The third-order valence-corrected chi connectivity index (χ3v) is 0.997. The predicted molar refractivity (Wildman–Crippen MR) is 45.5 cm³/mol. The molecule has 7 heteroatoms. The molecule has 7 nitrogen and oxygen atoms in total. The molecule has 0 aliphatic rings. The predicted octanol–water partition coefficient (Wildman–Crippen LogP) is -1.55. The van der Waals surface area contributed by atoms with Gasteiger partial charge in [0.15, 0.2) is 0 Å². The number of hydrogen-bond donors (Lipinski definition) is 3. The second kappa shape index (κ2) is 9.28. The lowest BCUT2D eigenvalue weighted by Gasteiger charge is -2.19. The van der Waals surface area contributed by atoms with Gasteiger partial charge in [-0.05, 0) is 6.92 Å². The molecule has 0 saturated carbocycles. The van der Waals surface area contributed by atoms with Crippen molar-refractivity contribution in [2.45, 2.75) is 13.0 Å². The molecular weight excluding hydrogens is 194 g/mol. The lowest BCUT2D eigenvalue weighted by atomic mass is 10.5. The quantitative estimate of drug-likeness (QED) is 0.397. The van der Waals surface area contributed by atoms with Crippen molar-refractivity contribution in [1.29, 1.82) is 0 Å². The Labute approximate surface area is 82.3 Å². The lowest BCUT2D eigenvalue weighted by Crippen LogP contribution is -2.30. The van der Waals surface area contributed by atoms with Gasteiger partial charge in [0.05, 0.1) is 44.5 Å². The summed E-state index contributed by atoms with van der Waals surface area (Å²) in [6, 6.07) is 0. The van der Waals surface area contributed by atoms with Crippen LogP contribution in [0.2, 0.25) is 0 Å². The van der Waals surface area contributed by atoms with Gasteiger partial charge in [0.25, 0.3) is 0 Å². The maximum atomic E-state index is 8.89. The smallest absolute Gasteiger partial charge is 0.0992 e. The number of rotatable bonds is 9. The van der Waals surface area contributed by atoms with E-state index in [-0.39, 0.29) is 33.0 Å². The molecule has 86 valence electrons. The van der Waals surface area contributed by atoms with Crippen LogP contribution in [0.1, 0.15) is 6.92 Å². The summed E-state index contributed by atoms with van der Waals surface area (Å²) in [7, 11) is 0. The molecule has 0 aromatic rings. The molecule has 0 aliphatic heterocycles. The lowest BCUT2D eigenvalue weighted by molar-refractivity contribution is -0.529. The van der Waals surface area contributed by atoms with E-state index in [9.17, 15) is 0 Å². The van der Waals surface area contributed by atoms with Gasteiger partial charge in [-0.15, -0.1) is 0 Å². The van der Waals surface area contributed by atoms with Crippen molar-refractivity contribution in [3.63, 3.8) is 0 Å². The number of aliphatic hydroxyl groups is 3. The monoisotopic (exact) mass is 211 g/mol. The van der Waals surface area contributed by atoms with Crippen LogP contribution in [0, 0.1) is 0 Å². The second-order valence-electron chi connectivity index (χ2n) is 2.48. The van der Waals surface area contributed by atoms with Gasteiger partial charge in [0.1, 0.15) is 0 Å². The summed E-state index contributed by atoms with van der Waals surface area (Å²) in [6.07, 6.45) is -0.659. The molecule has 1 unspecified atom stereocenters. The van der Waals surface area contributed by atoms with Crippen molar-refractivity contribution in [2.24, 2.45) is 0 Å². The zero-order valence-electron chi connectivity index (χ0n) is 8.13. The minimum absolute atomic E-state index is 0.00312. The molecule has 14 heavy (non-hydrogen) atoms. The zero-order chi connectivity index (χ0) is 10.8. The van der Waals surface area contributed by atoms with E-state index in [1.165, 1.54) is 6.92 Å². The van der Waals surface area contributed by atoms with Crippen molar-refractivity contribution in [2.75, 3.05) is 33.0 Å². The van der Waals surface area contributed by atoms with E-state index >= 15 is 0 Å². The first-order valence-corrected chi connectivity index (χ1v) is 4.29. The molecule has 0 rings (SSSR count). The average molecular weight is 211 g/mol. The summed E-state index contributed by atoms with van der Waals surface area (Å²) in [5.74, 6) is 0. The summed E-state index contributed by atoms with van der Waals surface area (Å²) in [6.45, 7) is 1.18. The fraction of sp³-hybridized carbons (Fsp3) is 1.00. The van der Waals surface area contributed by atoms with Crippen LogP contribution in [0.25, 0.3) is 0 Å². The first-order chi connectivity index (χ1) is 6.70. The van der Waals surface area contributed by atoms with Gasteiger partial charge in [0, 0.05) is 0 Å². The van der Waals surface area contributed by atoms with Gasteiger partial charge < -0.3 is 15.3 Å². The molecule has 1 atom stereocenters. The first kappa shape index (κ1) is 13.7. The summed E-state index contributed by atoms with van der Waals surface area (Å²) in [4.78, 5) is 14.3. The van der Waals surface area contributed by atoms with Gasteiger partial charge in [-0.1, -0.05) is 0 Å². The maximum absolute atomic E-state index is 8.89. The summed E-state index contributed by atoms with van der Waals surface area (Å²) in [5.41, 5.74) is 0. The van der Waals surface area contributed by atoms with Crippen LogP contribution in [-0.4, -0.2) is 59.8 Å². The normalized spacial score (nSPS) is 13.5. The van der Waals surface area contributed by atoms with Gasteiger partial charge in [0.2, 0.25) is 0 Å². The highest BCUT2D eigenvalue weighted by Crippen LogP contribution is 1.95. The molecule has 0 amide bonds. The maximum Gasteiger partial charge on any atom is 0.0992 e. The Bertz CT molecular complexity index is 115. The molecular formula is C7H17NO6. The van der Waals surface area contributed by atoms with Crippen LogP contribution in [0.4, 0.5) is 0 Å². The Balaban J connectivity index is 3.60. The number of hydrogen-bond acceptors (Lipinski definition) is 7. The summed E-state index contributed by atoms with van der Waals surface area (Å²) in [5, 5.41) is 26.5. The van der Waals surface area contributed by atoms with Crippen molar-refractivity contribution in [3.05, 3.63) is 0 Å². The minimum Gasteiger partial charge on any atom is -0.394 e. The highest BCUT2D eigenvalue weighted by atomic mass is 17.2. The molecule has 0 spiro atoms. The van der Waals surface area contributed by atoms with E-state index in [2.05, 4.69) is 0 Å². The molecule has 3 N–H and O–H groups in total. The van der Waals surface area contributed by atoms with Crippen LogP contribution in [0.5, 0.6) is 0 Å².